The highest BCUT2D eigenvalue weighted by Crippen LogP contribution is 2.17. The molecule has 6 nitrogen and oxygen atoms in total. The molecule has 0 bridgehead atoms. The minimum absolute atomic E-state index is 0.121. The molecular weight excluding hydrogens is 208 g/mol. The zero-order valence-corrected chi connectivity index (χ0v) is 9.37. The quantitative estimate of drug-likeness (QED) is 0.554. The number of anilines is 1. The third-order valence-corrected chi connectivity index (χ3v) is 2.80. The van der Waals surface area contributed by atoms with Gasteiger partial charge in [0.1, 0.15) is 0 Å². The topological polar surface area (TPSA) is 90.0 Å². The van der Waals surface area contributed by atoms with Gasteiger partial charge in [-0.25, -0.2) is 0 Å². The van der Waals surface area contributed by atoms with Crippen molar-refractivity contribution in [3.63, 3.8) is 0 Å². The zero-order valence-electron chi connectivity index (χ0n) is 9.37. The van der Waals surface area contributed by atoms with Gasteiger partial charge in [0.15, 0.2) is 0 Å². The van der Waals surface area contributed by atoms with Crippen LogP contribution in [0.3, 0.4) is 0 Å². The smallest absolute Gasteiger partial charge is 0.241 e. The van der Waals surface area contributed by atoms with E-state index in [2.05, 4.69) is 20.8 Å². The van der Waals surface area contributed by atoms with E-state index >= 15 is 0 Å². The van der Waals surface area contributed by atoms with Crippen molar-refractivity contribution in [3.8, 4) is 0 Å². The lowest BCUT2D eigenvalue weighted by atomic mass is 10.2. The lowest BCUT2D eigenvalue weighted by Gasteiger charge is -2.10. The first-order valence-corrected chi connectivity index (χ1v) is 5.32. The molecule has 2 atom stereocenters. The summed E-state index contributed by atoms with van der Waals surface area (Å²) in [5.74, 6) is -0.121. The molecule has 0 spiro atoms. The number of β-amino-alcohol motifs (C(OH)–C–C–N with tert-alkyl or cyclic N) is 1. The number of aliphatic hydroxyl groups is 1. The molecule has 1 aliphatic rings. The fourth-order valence-electron chi connectivity index (χ4n) is 1.86. The summed E-state index contributed by atoms with van der Waals surface area (Å²) in [4.78, 5) is 11.8. The van der Waals surface area contributed by atoms with E-state index in [9.17, 15) is 9.90 Å². The lowest BCUT2D eigenvalue weighted by Crippen LogP contribution is -2.35. The number of aromatic nitrogens is 2. The Morgan fingerprint density at radius 2 is 2.31 bits per heavy atom. The number of nitrogens with one attached hydrogen (secondary N) is 3. The molecule has 1 fully saturated rings. The lowest BCUT2D eigenvalue weighted by molar-refractivity contribution is -0.117. The van der Waals surface area contributed by atoms with Gasteiger partial charge in [-0.1, -0.05) is 0 Å². The summed E-state index contributed by atoms with van der Waals surface area (Å²) in [6.07, 6.45) is 0.0317. The SMILES string of the molecule is Cc1n[nH]c(C)c1NC(=O)C1CC(O)CN1. The van der Waals surface area contributed by atoms with Gasteiger partial charge in [0.25, 0.3) is 0 Å². The third-order valence-electron chi connectivity index (χ3n) is 2.80. The summed E-state index contributed by atoms with van der Waals surface area (Å²) in [6, 6.07) is -0.316. The van der Waals surface area contributed by atoms with Gasteiger partial charge >= 0.3 is 0 Å². The normalized spacial score (nSPS) is 24.7. The number of carbonyl (C=O) groups is 1. The number of aliphatic hydroxyl groups excluding tert-OH is 1. The number of aryl methyl sites for hydroxylation is 2. The molecule has 2 heterocycles. The van der Waals surface area contributed by atoms with Crippen molar-refractivity contribution < 1.29 is 9.90 Å². The van der Waals surface area contributed by atoms with Gasteiger partial charge in [-0.3, -0.25) is 9.89 Å². The Labute approximate surface area is 93.4 Å². The Hall–Kier alpha value is -1.40. The Balaban J connectivity index is 2.02. The standard InChI is InChI=1S/C10H16N4O2/c1-5-9(6(2)14-13-5)12-10(16)8-3-7(15)4-11-8/h7-8,11,15H,3-4H2,1-2H3,(H,12,16)(H,13,14). The minimum atomic E-state index is -0.428. The maximum Gasteiger partial charge on any atom is 0.241 e. The Bertz CT molecular complexity index is 382. The monoisotopic (exact) mass is 224 g/mol. The van der Waals surface area contributed by atoms with E-state index < -0.39 is 6.10 Å². The first kappa shape index (κ1) is 11.1. The highest BCUT2D eigenvalue weighted by Gasteiger charge is 2.28. The Kier molecular flexibility index (Phi) is 2.93. The van der Waals surface area contributed by atoms with Crippen LogP contribution in [0.25, 0.3) is 0 Å². The molecule has 0 aliphatic carbocycles. The van der Waals surface area contributed by atoms with E-state index in [0.717, 1.165) is 17.1 Å². The van der Waals surface area contributed by atoms with Gasteiger partial charge in [-0.15, -0.1) is 0 Å². The summed E-state index contributed by atoms with van der Waals surface area (Å²) >= 11 is 0. The van der Waals surface area contributed by atoms with E-state index in [4.69, 9.17) is 0 Å². The predicted molar refractivity (Wildman–Crippen MR) is 59.1 cm³/mol. The number of rotatable bonds is 2. The number of hydrogen-bond acceptors (Lipinski definition) is 4. The first-order chi connectivity index (χ1) is 7.58. The van der Waals surface area contributed by atoms with E-state index in [1.165, 1.54) is 0 Å². The molecule has 1 aromatic heterocycles. The summed E-state index contributed by atoms with van der Waals surface area (Å²) in [7, 11) is 0. The number of aromatic amines is 1. The third kappa shape index (κ3) is 2.07. The second-order valence-electron chi connectivity index (χ2n) is 4.15. The number of amides is 1. The zero-order chi connectivity index (χ0) is 11.7. The number of nitrogens with zero attached hydrogens (tertiary/aromatic N) is 1. The van der Waals surface area contributed by atoms with Gasteiger partial charge in [0.05, 0.1) is 29.2 Å². The van der Waals surface area contributed by atoms with Crippen LogP contribution in [-0.4, -0.2) is 39.9 Å². The molecule has 1 aromatic rings. The molecule has 4 N–H and O–H groups in total. The number of H-pyrrole nitrogens is 1. The van der Waals surface area contributed by atoms with Crippen LogP contribution in [0, 0.1) is 13.8 Å². The summed E-state index contributed by atoms with van der Waals surface area (Å²) in [5, 5.41) is 21.9. The van der Waals surface area contributed by atoms with Crippen molar-refractivity contribution in [2.45, 2.75) is 32.4 Å². The van der Waals surface area contributed by atoms with Crippen LogP contribution < -0.4 is 10.6 Å². The van der Waals surface area contributed by atoms with Crippen molar-refractivity contribution >= 4 is 11.6 Å². The second kappa shape index (κ2) is 4.23. The summed E-state index contributed by atoms with van der Waals surface area (Å²) in [5.41, 5.74) is 2.34. The average Bonchev–Trinajstić information content (AvgIpc) is 2.79. The van der Waals surface area contributed by atoms with Gasteiger partial charge in [-0.05, 0) is 20.3 Å². The van der Waals surface area contributed by atoms with Gasteiger partial charge < -0.3 is 15.7 Å². The van der Waals surface area contributed by atoms with Gasteiger partial charge in [0, 0.05) is 6.54 Å². The molecule has 0 saturated carbocycles. The van der Waals surface area contributed by atoms with Crippen molar-refractivity contribution in [2.24, 2.45) is 0 Å². The molecule has 1 saturated heterocycles. The molecule has 0 radical (unpaired) electrons. The van der Waals surface area contributed by atoms with Crippen LogP contribution in [0.2, 0.25) is 0 Å². The molecule has 16 heavy (non-hydrogen) atoms. The van der Waals surface area contributed by atoms with Crippen LogP contribution in [0.15, 0.2) is 0 Å². The largest absolute Gasteiger partial charge is 0.392 e. The van der Waals surface area contributed by atoms with Gasteiger partial charge in [-0.2, -0.15) is 5.10 Å². The van der Waals surface area contributed by atoms with E-state index in [-0.39, 0.29) is 11.9 Å². The summed E-state index contributed by atoms with van der Waals surface area (Å²) in [6.45, 7) is 4.16. The van der Waals surface area contributed by atoms with E-state index in [0.29, 0.717) is 13.0 Å². The summed E-state index contributed by atoms with van der Waals surface area (Å²) < 4.78 is 0. The highest BCUT2D eigenvalue weighted by molar-refractivity contribution is 5.96. The molecule has 1 aliphatic heterocycles. The fraction of sp³-hybridized carbons (Fsp3) is 0.600. The molecular formula is C10H16N4O2. The molecule has 0 aromatic carbocycles. The highest BCUT2D eigenvalue weighted by atomic mass is 16.3. The molecule has 88 valence electrons. The van der Waals surface area contributed by atoms with Gasteiger partial charge in [0.2, 0.25) is 5.91 Å². The van der Waals surface area contributed by atoms with Crippen LogP contribution in [0.4, 0.5) is 5.69 Å². The molecule has 2 rings (SSSR count). The van der Waals surface area contributed by atoms with Crippen LogP contribution in [-0.2, 0) is 4.79 Å². The predicted octanol–water partition coefficient (Wildman–Crippen LogP) is -0.312. The first-order valence-electron chi connectivity index (χ1n) is 5.32. The van der Waals surface area contributed by atoms with Crippen LogP contribution in [0.5, 0.6) is 0 Å². The Morgan fingerprint density at radius 1 is 1.56 bits per heavy atom. The number of hydrogen-bond donors (Lipinski definition) is 4. The number of carbonyl (C=O) groups excluding carboxylic acids is 1. The van der Waals surface area contributed by atoms with E-state index in [1.54, 1.807) is 0 Å². The van der Waals surface area contributed by atoms with Crippen LogP contribution in [0.1, 0.15) is 17.8 Å². The Morgan fingerprint density at radius 3 is 2.81 bits per heavy atom. The van der Waals surface area contributed by atoms with Crippen molar-refractivity contribution in [1.29, 1.82) is 0 Å². The minimum Gasteiger partial charge on any atom is -0.392 e. The average molecular weight is 224 g/mol. The van der Waals surface area contributed by atoms with E-state index in [1.807, 2.05) is 13.8 Å². The molecule has 2 unspecified atom stereocenters. The second-order valence-corrected chi connectivity index (χ2v) is 4.15. The fourth-order valence-corrected chi connectivity index (χ4v) is 1.86. The maximum atomic E-state index is 11.8. The van der Waals surface area contributed by atoms with Crippen molar-refractivity contribution in [3.05, 3.63) is 11.4 Å². The molecule has 1 amide bonds. The van der Waals surface area contributed by atoms with Crippen LogP contribution >= 0.6 is 0 Å². The van der Waals surface area contributed by atoms with Crippen molar-refractivity contribution in [2.75, 3.05) is 11.9 Å². The van der Waals surface area contributed by atoms with Crippen molar-refractivity contribution in [1.82, 2.24) is 15.5 Å². The molecule has 6 heteroatoms. The maximum absolute atomic E-state index is 11.8.